The Bertz CT molecular complexity index is 417. The Kier molecular flexibility index (Phi) is 3.52. The highest BCUT2D eigenvalue weighted by atomic mass is 28.3. The average molecular weight is 246 g/mol. The summed E-state index contributed by atoms with van der Waals surface area (Å²) >= 11 is 0. The molecular formula is C15H22OSi. The van der Waals surface area contributed by atoms with E-state index in [0.29, 0.717) is 11.7 Å². The average Bonchev–Trinajstić information content (AvgIpc) is 2.27. The number of fused-ring (bicyclic) bond motifs is 1. The molecule has 2 heteroatoms. The Labute approximate surface area is 105 Å². The Morgan fingerprint density at radius 1 is 1.24 bits per heavy atom. The van der Waals surface area contributed by atoms with Gasteiger partial charge in [-0.25, -0.2) is 0 Å². The van der Waals surface area contributed by atoms with E-state index < -0.39 is 8.07 Å². The number of benzene rings is 1. The molecule has 0 radical (unpaired) electrons. The van der Waals surface area contributed by atoms with Crippen LogP contribution in [0.4, 0.5) is 0 Å². The van der Waals surface area contributed by atoms with Gasteiger partial charge in [0.1, 0.15) is 0 Å². The molecule has 2 rings (SSSR count). The molecule has 1 aliphatic carbocycles. The van der Waals surface area contributed by atoms with Crippen molar-refractivity contribution in [1.82, 2.24) is 0 Å². The minimum atomic E-state index is -0.964. The number of carbonyl (C=O) groups is 1. The lowest BCUT2D eigenvalue weighted by Gasteiger charge is -2.27. The fourth-order valence-electron chi connectivity index (χ4n) is 2.61. The van der Waals surface area contributed by atoms with E-state index in [0.717, 1.165) is 18.4 Å². The maximum atomic E-state index is 11.8. The SMILES string of the molecule is C[Si](C)(C)CCC1CCC(=O)c2ccccc21. The highest BCUT2D eigenvalue weighted by Gasteiger charge is 2.26. The molecule has 0 aliphatic heterocycles. The van der Waals surface area contributed by atoms with E-state index in [4.69, 9.17) is 0 Å². The van der Waals surface area contributed by atoms with Crippen LogP contribution < -0.4 is 0 Å². The lowest BCUT2D eigenvalue weighted by Crippen LogP contribution is -2.22. The van der Waals surface area contributed by atoms with E-state index in [9.17, 15) is 4.79 Å². The van der Waals surface area contributed by atoms with Gasteiger partial charge in [-0.05, 0) is 24.3 Å². The molecule has 0 heterocycles. The Morgan fingerprint density at radius 3 is 2.65 bits per heavy atom. The second kappa shape index (κ2) is 4.77. The number of hydrogen-bond acceptors (Lipinski definition) is 1. The summed E-state index contributed by atoms with van der Waals surface area (Å²) in [5.41, 5.74) is 2.29. The van der Waals surface area contributed by atoms with Gasteiger partial charge in [0.15, 0.2) is 5.78 Å². The quantitative estimate of drug-likeness (QED) is 0.719. The van der Waals surface area contributed by atoms with Crippen LogP contribution in [0.25, 0.3) is 0 Å². The first-order valence-corrected chi connectivity index (χ1v) is 10.3. The molecule has 1 nitrogen and oxygen atoms in total. The Morgan fingerprint density at radius 2 is 1.94 bits per heavy atom. The molecule has 1 unspecified atom stereocenters. The van der Waals surface area contributed by atoms with Crippen molar-refractivity contribution in [1.29, 1.82) is 0 Å². The van der Waals surface area contributed by atoms with E-state index >= 15 is 0 Å². The lowest BCUT2D eigenvalue weighted by molar-refractivity contribution is 0.0966. The summed E-state index contributed by atoms with van der Waals surface area (Å²) in [5.74, 6) is 0.959. The van der Waals surface area contributed by atoms with Gasteiger partial charge in [0, 0.05) is 20.1 Å². The van der Waals surface area contributed by atoms with E-state index in [2.05, 4.69) is 31.8 Å². The van der Waals surface area contributed by atoms with Crippen molar-refractivity contribution in [3.63, 3.8) is 0 Å². The first-order chi connectivity index (χ1) is 7.97. The topological polar surface area (TPSA) is 17.1 Å². The van der Waals surface area contributed by atoms with Crippen molar-refractivity contribution >= 4 is 13.9 Å². The van der Waals surface area contributed by atoms with Gasteiger partial charge in [-0.3, -0.25) is 4.79 Å². The maximum absolute atomic E-state index is 11.8. The monoisotopic (exact) mass is 246 g/mol. The third-order valence-electron chi connectivity index (χ3n) is 3.66. The fourth-order valence-corrected chi connectivity index (χ4v) is 3.82. The Balaban J connectivity index is 2.16. The third-order valence-corrected chi connectivity index (χ3v) is 5.45. The molecule has 1 aromatic carbocycles. The lowest BCUT2D eigenvalue weighted by atomic mass is 9.81. The largest absolute Gasteiger partial charge is 0.294 e. The van der Waals surface area contributed by atoms with Crippen LogP contribution in [0.15, 0.2) is 24.3 Å². The zero-order valence-electron chi connectivity index (χ0n) is 11.1. The zero-order chi connectivity index (χ0) is 12.5. The summed E-state index contributed by atoms with van der Waals surface area (Å²) in [5, 5.41) is 0. The van der Waals surface area contributed by atoms with E-state index in [1.54, 1.807) is 0 Å². The minimum Gasteiger partial charge on any atom is -0.294 e. The smallest absolute Gasteiger partial charge is 0.163 e. The van der Waals surface area contributed by atoms with Gasteiger partial charge in [-0.15, -0.1) is 0 Å². The van der Waals surface area contributed by atoms with Crippen molar-refractivity contribution in [3.05, 3.63) is 35.4 Å². The third kappa shape index (κ3) is 3.06. The molecule has 0 saturated carbocycles. The van der Waals surface area contributed by atoms with Gasteiger partial charge in [-0.2, -0.15) is 0 Å². The fraction of sp³-hybridized carbons (Fsp3) is 0.533. The summed E-state index contributed by atoms with van der Waals surface area (Å²) in [6, 6.07) is 9.57. The van der Waals surface area contributed by atoms with Crippen LogP contribution in [0.1, 0.15) is 41.1 Å². The molecule has 0 fully saturated rings. The number of ketones is 1. The first kappa shape index (κ1) is 12.6. The van der Waals surface area contributed by atoms with Gasteiger partial charge in [0.25, 0.3) is 0 Å². The summed E-state index contributed by atoms with van der Waals surface area (Å²) in [7, 11) is -0.964. The minimum absolute atomic E-state index is 0.338. The van der Waals surface area contributed by atoms with Crippen molar-refractivity contribution in [3.8, 4) is 0 Å². The molecule has 17 heavy (non-hydrogen) atoms. The van der Waals surface area contributed by atoms with Crippen molar-refractivity contribution in [2.24, 2.45) is 0 Å². The molecule has 0 spiro atoms. The van der Waals surface area contributed by atoms with Crippen LogP contribution in [0.3, 0.4) is 0 Å². The number of Topliss-reactive ketones (excluding diaryl/α,β-unsaturated/α-hetero) is 1. The Hall–Kier alpha value is -0.893. The van der Waals surface area contributed by atoms with Crippen molar-refractivity contribution in [2.75, 3.05) is 0 Å². The standard InChI is InChI=1S/C15H22OSi/c1-17(2,3)11-10-12-8-9-15(16)14-7-5-4-6-13(12)14/h4-7,12H,8-11H2,1-3H3. The van der Waals surface area contributed by atoms with E-state index in [1.165, 1.54) is 18.0 Å². The normalized spacial score (nSPS) is 20.2. The molecule has 1 atom stereocenters. The summed E-state index contributed by atoms with van der Waals surface area (Å²) < 4.78 is 0. The van der Waals surface area contributed by atoms with Gasteiger partial charge >= 0.3 is 0 Å². The second-order valence-electron chi connectivity index (χ2n) is 6.35. The van der Waals surface area contributed by atoms with Crippen LogP contribution >= 0.6 is 0 Å². The summed E-state index contributed by atoms with van der Waals surface area (Å²) in [4.78, 5) is 11.8. The zero-order valence-corrected chi connectivity index (χ0v) is 12.1. The van der Waals surface area contributed by atoms with Crippen molar-refractivity contribution < 1.29 is 4.79 Å². The summed E-state index contributed by atoms with van der Waals surface area (Å²) in [6.45, 7) is 7.27. The molecule has 0 amide bonds. The highest BCUT2D eigenvalue weighted by molar-refractivity contribution is 6.76. The van der Waals surface area contributed by atoms with Crippen LogP contribution in [-0.2, 0) is 0 Å². The predicted octanol–water partition coefficient (Wildman–Crippen LogP) is 4.48. The van der Waals surface area contributed by atoms with Gasteiger partial charge < -0.3 is 0 Å². The van der Waals surface area contributed by atoms with Crippen LogP contribution in [0, 0.1) is 0 Å². The number of carbonyl (C=O) groups excluding carboxylic acids is 1. The van der Waals surface area contributed by atoms with Crippen LogP contribution in [0.5, 0.6) is 0 Å². The molecule has 0 N–H and O–H groups in total. The first-order valence-electron chi connectivity index (χ1n) is 6.59. The predicted molar refractivity (Wildman–Crippen MR) is 75.5 cm³/mol. The second-order valence-corrected chi connectivity index (χ2v) is 12.0. The highest BCUT2D eigenvalue weighted by Crippen LogP contribution is 2.35. The number of rotatable bonds is 3. The van der Waals surface area contributed by atoms with Crippen molar-refractivity contribution in [2.45, 2.75) is 50.9 Å². The number of hydrogen-bond donors (Lipinski definition) is 0. The molecule has 0 aromatic heterocycles. The molecule has 1 aromatic rings. The molecule has 92 valence electrons. The van der Waals surface area contributed by atoms with Crippen LogP contribution in [-0.4, -0.2) is 13.9 Å². The van der Waals surface area contributed by atoms with Gasteiger partial charge in [-0.1, -0.05) is 50.0 Å². The molecule has 0 bridgehead atoms. The van der Waals surface area contributed by atoms with Gasteiger partial charge in [0.2, 0.25) is 0 Å². The molecule has 1 aliphatic rings. The van der Waals surface area contributed by atoms with E-state index in [-0.39, 0.29) is 0 Å². The van der Waals surface area contributed by atoms with Crippen LogP contribution in [0.2, 0.25) is 25.7 Å². The van der Waals surface area contributed by atoms with E-state index in [1.807, 2.05) is 12.1 Å². The summed E-state index contributed by atoms with van der Waals surface area (Å²) in [6.07, 6.45) is 3.06. The molecular weight excluding hydrogens is 224 g/mol. The van der Waals surface area contributed by atoms with Gasteiger partial charge in [0.05, 0.1) is 0 Å². The maximum Gasteiger partial charge on any atom is 0.163 e. The molecule has 0 saturated heterocycles.